The summed E-state index contributed by atoms with van der Waals surface area (Å²) in [4.78, 5) is 26.8. The van der Waals surface area contributed by atoms with E-state index in [4.69, 9.17) is 9.40 Å². The van der Waals surface area contributed by atoms with Gasteiger partial charge >= 0.3 is 0 Å². The van der Waals surface area contributed by atoms with Gasteiger partial charge in [-0.15, -0.1) is 0 Å². The Balaban J connectivity index is 1.33. The molecule has 0 saturated carbocycles. The van der Waals surface area contributed by atoms with Crippen LogP contribution in [0.5, 0.6) is 0 Å². The molecule has 1 atom stereocenters. The van der Waals surface area contributed by atoms with E-state index in [1.165, 1.54) is 0 Å². The molecule has 6 rings (SSSR count). The maximum Gasteiger partial charge on any atom is 0.287 e. The standard InChI is InChI=1S/C31H25N7O2/c1-2-38-27(22-7-9-25(10-8-22)37-14-13-33-20-37)19-35-30(38)26(17-24-5-3-4-12-34-24)36-31(39)29-16-23-15-21(18-32)6-11-28(23)40-29/h3-16,19-20,26H,2,17H2,1H3,(H,36,39). The molecule has 0 bridgehead atoms. The van der Waals surface area contributed by atoms with E-state index < -0.39 is 6.04 Å². The molecule has 0 aliphatic carbocycles. The number of carbonyl (C=O) groups excluding carboxylic acids is 1. The SMILES string of the molecule is CCn1c(-c2ccc(-n3ccnc3)cc2)cnc1C(Cc1ccccn1)NC(=O)c1cc2cc(C#N)ccc2o1. The highest BCUT2D eigenvalue weighted by atomic mass is 16.3. The molecule has 196 valence electrons. The van der Waals surface area contributed by atoms with Gasteiger partial charge in [0.05, 0.1) is 35.9 Å². The molecule has 0 aliphatic rings. The van der Waals surface area contributed by atoms with E-state index >= 15 is 0 Å². The Kier molecular flexibility index (Phi) is 6.65. The van der Waals surface area contributed by atoms with Crippen molar-refractivity contribution in [2.24, 2.45) is 0 Å². The molecule has 2 aromatic carbocycles. The molecule has 9 nitrogen and oxygen atoms in total. The zero-order chi connectivity index (χ0) is 27.5. The Hall–Kier alpha value is -5.49. The quantitative estimate of drug-likeness (QED) is 0.280. The fourth-order valence-corrected chi connectivity index (χ4v) is 4.84. The average molecular weight is 528 g/mol. The van der Waals surface area contributed by atoms with Crippen LogP contribution < -0.4 is 5.32 Å². The van der Waals surface area contributed by atoms with Crippen molar-refractivity contribution in [1.82, 2.24) is 29.4 Å². The average Bonchev–Trinajstić information content (AvgIpc) is 3.76. The van der Waals surface area contributed by atoms with Gasteiger partial charge in [-0.1, -0.05) is 18.2 Å². The highest BCUT2D eigenvalue weighted by Crippen LogP contribution is 2.27. The van der Waals surface area contributed by atoms with Crippen LogP contribution in [0, 0.1) is 11.3 Å². The number of nitriles is 1. The van der Waals surface area contributed by atoms with Gasteiger partial charge in [0.2, 0.25) is 0 Å². The van der Waals surface area contributed by atoms with Crippen LogP contribution in [-0.4, -0.2) is 30.0 Å². The zero-order valence-electron chi connectivity index (χ0n) is 21.7. The number of furan rings is 1. The van der Waals surface area contributed by atoms with E-state index in [9.17, 15) is 10.1 Å². The van der Waals surface area contributed by atoms with E-state index in [1.807, 2.05) is 47.3 Å². The predicted octanol–water partition coefficient (Wildman–Crippen LogP) is 5.48. The molecule has 40 heavy (non-hydrogen) atoms. The van der Waals surface area contributed by atoms with Gasteiger partial charge < -0.3 is 18.9 Å². The summed E-state index contributed by atoms with van der Waals surface area (Å²) in [5, 5.41) is 13.0. The van der Waals surface area contributed by atoms with Crippen LogP contribution in [0.25, 0.3) is 27.9 Å². The predicted molar refractivity (Wildman–Crippen MR) is 150 cm³/mol. The third-order valence-corrected chi connectivity index (χ3v) is 6.79. The van der Waals surface area contributed by atoms with E-state index in [-0.39, 0.29) is 11.7 Å². The van der Waals surface area contributed by atoms with Gasteiger partial charge in [-0.3, -0.25) is 9.78 Å². The Bertz CT molecular complexity index is 1810. The van der Waals surface area contributed by atoms with Crippen molar-refractivity contribution in [3.05, 3.63) is 121 Å². The lowest BCUT2D eigenvalue weighted by Crippen LogP contribution is -2.32. The number of hydrogen-bond donors (Lipinski definition) is 1. The number of pyridine rings is 1. The van der Waals surface area contributed by atoms with Gasteiger partial charge in [-0.25, -0.2) is 9.97 Å². The summed E-state index contributed by atoms with van der Waals surface area (Å²) in [6.07, 6.45) is 9.43. The molecule has 6 aromatic rings. The van der Waals surface area contributed by atoms with Crippen molar-refractivity contribution in [3.63, 3.8) is 0 Å². The Morgan fingerprint density at radius 1 is 1.07 bits per heavy atom. The van der Waals surface area contributed by atoms with Gasteiger partial charge in [0.25, 0.3) is 5.91 Å². The molecule has 0 spiro atoms. The first-order valence-electron chi connectivity index (χ1n) is 12.9. The number of fused-ring (bicyclic) bond motifs is 1. The molecule has 0 aliphatic heterocycles. The smallest absolute Gasteiger partial charge is 0.287 e. The van der Waals surface area contributed by atoms with Gasteiger partial charge in [0, 0.05) is 48.3 Å². The number of nitrogens with one attached hydrogen (secondary N) is 1. The van der Waals surface area contributed by atoms with Crippen LogP contribution in [0.3, 0.4) is 0 Å². The van der Waals surface area contributed by atoms with E-state index in [1.54, 1.807) is 43.0 Å². The topological polar surface area (TPSA) is 115 Å². The molecular weight excluding hydrogens is 502 g/mol. The van der Waals surface area contributed by atoms with E-state index in [0.29, 0.717) is 29.5 Å². The van der Waals surface area contributed by atoms with Crippen molar-refractivity contribution < 1.29 is 9.21 Å². The number of hydrogen-bond acceptors (Lipinski definition) is 6. The van der Waals surface area contributed by atoms with Crippen molar-refractivity contribution in [2.75, 3.05) is 0 Å². The number of imidazole rings is 2. The normalized spacial score (nSPS) is 11.8. The lowest BCUT2D eigenvalue weighted by Gasteiger charge is -2.20. The molecule has 4 aromatic heterocycles. The molecule has 0 radical (unpaired) electrons. The van der Waals surface area contributed by atoms with Crippen LogP contribution in [0.1, 0.15) is 40.6 Å². The van der Waals surface area contributed by atoms with Crippen LogP contribution in [0.15, 0.2) is 102 Å². The number of carbonyl (C=O) groups is 1. The second-order valence-electron chi connectivity index (χ2n) is 9.29. The summed E-state index contributed by atoms with van der Waals surface area (Å²) in [6, 6.07) is 22.3. The summed E-state index contributed by atoms with van der Waals surface area (Å²) in [6.45, 7) is 2.71. The Morgan fingerprint density at radius 2 is 1.95 bits per heavy atom. The first kappa shape index (κ1) is 24.8. The second kappa shape index (κ2) is 10.7. The van der Waals surface area contributed by atoms with Crippen LogP contribution in [0.2, 0.25) is 0 Å². The van der Waals surface area contributed by atoms with Gasteiger partial charge in [-0.2, -0.15) is 5.26 Å². The summed E-state index contributed by atoms with van der Waals surface area (Å²) < 4.78 is 9.88. The van der Waals surface area contributed by atoms with Crippen molar-refractivity contribution in [3.8, 4) is 23.0 Å². The van der Waals surface area contributed by atoms with Crippen LogP contribution >= 0.6 is 0 Å². The van der Waals surface area contributed by atoms with Crippen molar-refractivity contribution in [2.45, 2.75) is 25.9 Å². The van der Waals surface area contributed by atoms with E-state index in [0.717, 1.165) is 28.5 Å². The zero-order valence-corrected chi connectivity index (χ0v) is 21.7. The molecule has 1 N–H and O–H groups in total. The molecule has 0 fully saturated rings. The third kappa shape index (κ3) is 4.86. The second-order valence-corrected chi connectivity index (χ2v) is 9.29. The fraction of sp³-hybridized carbons (Fsp3) is 0.129. The minimum absolute atomic E-state index is 0.168. The highest BCUT2D eigenvalue weighted by molar-refractivity contribution is 5.96. The van der Waals surface area contributed by atoms with Gasteiger partial charge in [0.1, 0.15) is 11.4 Å². The number of benzene rings is 2. The first-order chi connectivity index (χ1) is 19.6. The van der Waals surface area contributed by atoms with Crippen LogP contribution in [-0.2, 0) is 13.0 Å². The van der Waals surface area contributed by atoms with E-state index in [2.05, 4.69) is 45.0 Å². The Labute approximate surface area is 230 Å². The number of rotatable bonds is 8. The monoisotopic (exact) mass is 527 g/mol. The first-order valence-corrected chi connectivity index (χ1v) is 12.9. The fourth-order valence-electron chi connectivity index (χ4n) is 4.84. The summed E-state index contributed by atoms with van der Waals surface area (Å²) in [7, 11) is 0. The highest BCUT2D eigenvalue weighted by Gasteiger charge is 2.25. The van der Waals surface area contributed by atoms with Crippen LogP contribution in [0.4, 0.5) is 0 Å². The lowest BCUT2D eigenvalue weighted by atomic mass is 10.1. The molecule has 4 heterocycles. The Morgan fingerprint density at radius 3 is 2.67 bits per heavy atom. The maximum atomic E-state index is 13.4. The van der Waals surface area contributed by atoms with Gasteiger partial charge in [-0.05, 0) is 61.0 Å². The number of aromatic nitrogens is 5. The molecule has 1 amide bonds. The number of amides is 1. The minimum Gasteiger partial charge on any atom is -0.451 e. The van der Waals surface area contributed by atoms with Crippen molar-refractivity contribution >= 4 is 16.9 Å². The maximum absolute atomic E-state index is 13.4. The largest absolute Gasteiger partial charge is 0.451 e. The molecule has 0 saturated heterocycles. The third-order valence-electron chi connectivity index (χ3n) is 6.79. The summed E-state index contributed by atoms with van der Waals surface area (Å²) >= 11 is 0. The summed E-state index contributed by atoms with van der Waals surface area (Å²) in [5.74, 6) is 0.520. The number of nitrogens with zero attached hydrogens (tertiary/aromatic N) is 6. The lowest BCUT2D eigenvalue weighted by molar-refractivity contribution is 0.0908. The van der Waals surface area contributed by atoms with Crippen molar-refractivity contribution in [1.29, 1.82) is 5.26 Å². The van der Waals surface area contributed by atoms with Gasteiger partial charge in [0.15, 0.2) is 5.76 Å². The molecule has 1 unspecified atom stereocenters. The minimum atomic E-state index is -0.468. The molecular formula is C31H25N7O2. The molecule has 9 heteroatoms. The summed E-state index contributed by atoms with van der Waals surface area (Å²) in [5.41, 5.74) is 4.84.